The summed E-state index contributed by atoms with van der Waals surface area (Å²) in [7, 11) is 0.290. The van der Waals surface area contributed by atoms with Gasteiger partial charge in [-0.3, -0.25) is 9.59 Å². The Morgan fingerprint density at radius 2 is 1.61 bits per heavy atom. The summed E-state index contributed by atoms with van der Waals surface area (Å²) in [5, 5.41) is 3.21. The van der Waals surface area contributed by atoms with Gasteiger partial charge in [-0.05, 0) is 43.4 Å². The number of rotatable bonds is 9. The number of nitrogens with zero attached hydrogens (tertiary/aromatic N) is 2. The first-order valence-corrected chi connectivity index (χ1v) is 12.3. The number of sulfonamides is 1. The fourth-order valence-corrected chi connectivity index (χ4v) is 5.18. The maximum Gasteiger partial charge on any atom is 0.252 e. The summed E-state index contributed by atoms with van der Waals surface area (Å²) in [4.78, 5) is 29.9. The van der Waals surface area contributed by atoms with Crippen LogP contribution < -0.4 is 10.9 Å². The van der Waals surface area contributed by atoms with Gasteiger partial charge in [0.2, 0.25) is 15.6 Å². The summed E-state index contributed by atoms with van der Waals surface area (Å²) in [5.74, 6) is -0.444. The molecule has 33 heavy (non-hydrogen) atoms. The molecule has 3 rings (SSSR count). The highest BCUT2D eigenvalue weighted by molar-refractivity contribution is 7.89. The zero-order chi connectivity index (χ0) is 24.2. The molecule has 0 saturated carbocycles. The molecule has 0 radical (unpaired) electrons. The fraction of sp³-hybridized carbons (Fsp3) is 0.333. The standard InChI is InChI=1S/C24H30N4O4S/c1-5-28(6-2)33(31,32)19-11-12-22-20(13-19)21(14-23(29)26-22)24(30)25-15-17-7-9-18(10-8-17)16-27(3)4/h7-14H,5-6,15-16H2,1-4H3,(H,25,30)(H,26,29). The summed E-state index contributed by atoms with van der Waals surface area (Å²) < 4.78 is 27.2. The summed E-state index contributed by atoms with van der Waals surface area (Å²) in [6.45, 7) is 5.32. The molecule has 176 valence electrons. The molecule has 2 aromatic carbocycles. The first-order valence-electron chi connectivity index (χ1n) is 10.8. The van der Waals surface area contributed by atoms with Gasteiger partial charge in [0.05, 0.1) is 10.5 Å². The van der Waals surface area contributed by atoms with Crippen LogP contribution in [-0.2, 0) is 23.1 Å². The van der Waals surface area contributed by atoms with Crippen molar-refractivity contribution in [3.8, 4) is 0 Å². The van der Waals surface area contributed by atoms with Crippen LogP contribution in [0.1, 0.15) is 35.3 Å². The second kappa shape index (κ2) is 10.3. The van der Waals surface area contributed by atoms with E-state index in [-0.39, 0.29) is 17.0 Å². The van der Waals surface area contributed by atoms with Gasteiger partial charge in [-0.25, -0.2) is 8.42 Å². The SMILES string of the molecule is CCN(CC)S(=O)(=O)c1ccc2[nH]c(=O)cc(C(=O)NCc3ccc(CN(C)C)cc3)c2c1. The van der Waals surface area contributed by atoms with Crippen molar-refractivity contribution in [3.05, 3.63) is 75.6 Å². The number of H-pyrrole nitrogens is 1. The predicted molar refractivity (Wildman–Crippen MR) is 130 cm³/mol. The molecule has 1 amide bonds. The van der Waals surface area contributed by atoms with Gasteiger partial charge in [0.25, 0.3) is 5.91 Å². The second-order valence-corrected chi connectivity index (χ2v) is 10.0. The number of hydrogen-bond donors (Lipinski definition) is 2. The molecule has 1 aromatic heterocycles. The lowest BCUT2D eigenvalue weighted by Crippen LogP contribution is -2.30. The van der Waals surface area contributed by atoms with E-state index in [0.29, 0.717) is 24.0 Å². The van der Waals surface area contributed by atoms with Gasteiger partial charge in [0.15, 0.2) is 0 Å². The lowest BCUT2D eigenvalue weighted by molar-refractivity contribution is 0.0952. The minimum Gasteiger partial charge on any atom is -0.348 e. The largest absolute Gasteiger partial charge is 0.348 e. The molecule has 2 N–H and O–H groups in total. The van der Waals surface area contributed by atoms with Gasteiger partial charge in [0.1, 0.15) is 0 Å². The molecule has 0 spiro atoms. The van der Waals surface area contributed by atoms with Crippen LogP contribution in [0.4, 0.5) is 0 Å². The number of hydrogen-bond acceptors (Lipinski definition) is 5. The first kappa shape index (κ1) is 24.6. The highest BCUT2D eigenvalue weighted by Gasteiger charge is 2.23. The van der Waals surface area contributed by atoms with Gasteiger partial charge in [0, 0.05) is 43.1 Å². The quantitative estimate of drug-likeness (QED) is 0.500. The van der Waals surface area contributed by atoms with Crippen LogP contribution in [0.25, 0.3) is 10.9 Å². The number of fused-ring (bicyclic) bond motifs is 1. The number of pyridine rings is 1. The van der Waals surface area contributed by atoms with Crippen LogP contribution in [0.15, 0.2) is 58.2 Å². The van der Waals surface area contributed by atoms with E-state index in [1.54, 1.807) is 13.8 Å². The third-order valence-electron chi connectivity index (χ3n) is 5.38. The smallest absolute Gasteiger partial charge is 0.252 e. The lowest BCUT2D eigenvalue weighted by atomic mass is 10.1. The molecule has 8 nitrogen and oxygen atoms in total. The predicted octanol–water partition coefficient (Wildman–Crippen LogP) is 2.55. The maximum atomic E-state index is 13.0. The molecule has 0 unspecified atom stereocenters. The summed E-state index contributed by atoms with van der Waals surface area (Å²) in [6.07, 6.45) is 0. The molecular formula is C24H30N4O4S. The first-order chi connectivity index (χ1) is 15.6. The van der Waals surface area contributed by atoms with Crippen molar-refractivity contribution < 1.29 is 13.2 Å². The van der Waals surface area contributed by atoms with Crippen molar-refractivity contribution in [1.29, 1.82) is 0 Å². The molecule has 3 aromatic rings. The monoisotopic (exact) mass is 470 g/mol. The normalized spacial score (nSPS) is 11.9. The molecule has 0 aliphatic carbocycles. The Morgan fingerprint density at radius 3 is 2.21 bits per heavy atom. The van der Waals surface area contributed by atoms with Crippen molar-refractivity contribution in [3.63, 3.8) is 0 Å². The highest BCUT2D eigenvalue weighted by Crippen LogP contribution is 2.23. The molecule has 0 saturated heterocycles. The van der Waals surface area contributed by atoms with E-state index in [1.165, 1.54) is 28.6 Å². The Bertz CT molecular complexity index is 1290. The highest BCUT2D eigenvalue weighted by atomic mass is 32.2. The second-order valence-electron chi connectivity index (χ2n) is 8.08. The van der Waals surface area contributed by atoms with Crippen molar-refractivity contribution in [2.24, 2.45) is 0 Å². The summed E-state index contributed by atoms with van der Waals surface area (Å²) >= 11 is 0. The minimum absolute atomic E-state index is 0.0799. The minimum atomic E-state index is -3.71. The van der Waals surface area contributed by atoms with E-state index in [9.17, 15) is 18.0 Å². The number of carbonyl (C=O) groups is 1. The number of aromatic amines is 1. The summed E-state index contributed by atoms with van der Waals surface area (Å²) in [6, 6.07) is 13.5. The van der Waals surface area contributed by atoms with E-state index in [1.807, 2.05) is 38.4 Å². The van der Waals surface area contributed by atoms with Crippen LogP contribution in [0.2, 0.25) is 0 Å². The molecule has 9 heteroatoms. The van der Waals surface area contributed by atoms with Crippen LogP contribution in [0.3, 0.4) is 0 Å². The number of aromatic nitrogens is 1. The number of amides is 1. The Balaban J connectivity index is 1.90. The average molecular weight is 471 g/mol. The van der Waals surface area contributed by atoms with E-state index >= 15 is 0 Å². The molecule has 0 aliphatic rings. The van der Waals surface area contributed by atoms with Crippen LogP contribution >= 0.6 is 0 Å². The van der Waals surface area contributed by atoms with Crippen LogP contribution in [0.5, 0.6) is 0 Å². The van der Waals surface area contributed by atoms with Crippen LogP contribution in [0, 0.1) is 0 Å². The Hall–Kier alpha value is -3.01. The maximum absolute atomic E-state index is 13.0. The van der Waals surface area contributed by atoms with Gasteiger partial charge < -0.3 is 15.2 Å². The Morgan fingerprint density at radius 1 is 0.970 bits per heavy atom. The number of benzene rings is 2. The Kier molecular flexibility index (Phi) is 7.68. The van der Waals surface area contributed by atoms with Crippen molar-refractivity contribution in [2.75, 3.05) is 27.2 Å². The Labute approximate surface area is 194 Å². The lowest BCUT2D eigenvalue weighted by Gasteiger charge is -2.19. The number of nitrogens with one attached hydrogen (secondary N) is 2. The van der Waals surface area contributed by atoms with E-state index in [0.717, 1.165) is 17.7 Å². The molecule has 0 fully saturated rings. The zero-order valence-electron chi connectivity index (χ0n) is 19.4. The molecular weight excluding hydrogens is 440 g/mol. The molecule has 0 bridgehead atoms. The van der Waals surface area contributed by atoms with Gasteiger partial charge in [-0.2, -0.15) is 4.31 Å². The zero-order valence-corrected chi connectivity index (χ0v) is 20.2. The van der Waals surface area contributed by atoms with Gasteiger partial charge >= 0.3 is 0 Å². The van der Waals surface area contributed by atoms with Crippen molar-refractivity contribution in [2.45, 2.75) is 31.8 Å². The molecule has 1 heterocycles. The van der Waals surface area contributed by atoms with Gasteiger partial charge in [-0.15, -0.1) is 0 Å². The van der Waals surface area contributed by atoms with E-state index in [4.69, 9.17) is 0 Å². The molecule has 0 atom stereocenters. The van der Waals surface area contributed by atoms with E-state index in [2.05, 4.69) is 15.2 Å². The number of carbonyl (C=O) groups excluding carboxylic acids is 1. The third kappa shape index (κ3) is 5.68. The van der Waals surface area contributed by atoms with E-state index < -0.39 is 21.5 Å². The topological polar surface area (TPSA) is 103 Å². The average Bonchev–Trinajstić information content (AvgIpc) is 2.77. The van der Waals surface area contributed by atoms with Crippen LogP contribution in [-0.4, -0.2) is 55.7 Å². The molecule has 0 aliphatic heterocycles. The summed E-state index contributed by atoms with van der Waals surface area (Å²) in [5.41, 5.74) is 2.19. The van der Waals surface area contributed by atoms with Crippen molar-refractivity contribution in [1.82, 2.24) is 19.5 Å². The van der Waals surface area contributed by atoms with Crippen molar-refractivity contribution >= 4 is 26.8 Å². The van der Waals surface area contributed by atoms with Gasteiger partial charge in [-0.1, -0.05) is 38.1 Å². The fourth-order valence-electron chi connectivity index (χ4n) is 3.70. The third-order valence-corrected chi connectivity index (χ3v) is 7.42.